The summed E-state index contributed by atoms with van der Waals surface area (Å²) in [7, 11) is 6.24. The van der Waals surface area contributed by atoms with E-state index in [1.807, 2.05) is 19.0 Å². The number of methoxy groups -OCH3 is 2. The molecule has 0 saturated carbocycles. The van der Waals surface area contributed by atoms with Crippen LogP contribution in [-0.4, -0.2) is 65.2 Å². The Morgan fingerprint density at radius 1 is 1.00 bits per heavy atom. The number of carbonyl (C=O) groups excluding carboxylic acids is 1. The fourth-order valence-corrected chi connectivity index (χ4v) is 4.72. The molecule has 1 amide bonds. The van der Waals surface area contributed by atoms with Crippen molar-refractivity contribution in [1.82, 2.24) is 24.4 Å². The molecule has 0 saturated heterocycles. The maximum absolute atomic E-state index is 15.6. The van der Waals surface area contributed by atoms with E-state index in [1.165, 1.54) is 37.1 Å². The third-order valence-corrected chi connectivity index (χ3v) is 6.86. The molecule has 0 aliphatic rings. The van der Waals surface area contributed by atoms with Gasteiger partial charge in [0.2, 0.25) is 11.9 Å². The van der Waals surface area contributed by atoms with E-state index < -0.39 is 22.8 Å². The van der Waals surface area contributed by atoms with Gasteiger partial charge in [-0.05, 0) is 50.0 Å². The van der Waals surface area contributed by atoms with E-state index in [2.05, 4.69) is 25.6 Å². The molecule has 5 aromatic rings. The summed E-state index contributed by atoms with van der Waals surface area (Å²) >= 11 is 0. The van der Waals surface area contributed by atoms with Crippen molar-refractivity contribution >= 4 is 34.3 Å². The van der Waals surface area contributed by atoms with Crippen LogP contribution in [-0.2, 0) is 11.3 Å². The fraction of sp³-hybridized carbons (Fsp3) is 0.182. The van der Waals surface area contributed by atoms with Gasteiger partial charge >= 0.3 is 0 Å². The lowest BCUT2D eigenvalue weighted by molar-refractivity contribution is -0.111. The minimum Gasteiger partial charge on any atom is -0.494 e. The lowest BCUT2D eigenvalue weighted by Crippen LogP contribution is -2.24. The molecule has 0 bridgehead atoms. The number of rotatable bonds is 11. The Morgan fingerprint density at radius 2 is 1.74 bits per heavy atom. The van der Waals surface area contributed by atoms with Gasteiger partial charge in [0.05, 0.1) is 43.8 Å². The first-order valence-corrected chi connectivity index (χ1v) is 14.1. The molecule has 0 fully saturated rings. The zero-order chi connectivity index (χ0) is 32.8. The summed E-state index contributed by atoms with van der Waals surface area (Å²) in [6.07, 6.45) is 7.83. The topological polar surface area (TPSA) is 124 Å². The largest absolute Gasteiger partial charge is 0.494 e. The summed E-state index contributed by atoms with van der Waals surface area (Å²) in [6, 6.07) is 12.8. The maximum atomic E-state index is 15.6. The number of nitrogens with zero attached hydrogens (tertiary/aromatic N) is 5. The van der Waals surface area contributed by atoms with E-state index in [0.29, 0.717) is 28.9 Å². The number of anilines is 3. The summed E-state index contributed by atoms with van der Waals surface area (Å²) < 4.78 is 42.7. The lowest BCUT2D eigenvalue weighted by Gasteiger charge is -2.16. The Kier molecular flexibility index (Phi) is 9.62. The molecule has 3 heterocycles. The zero-order valence-corrected chi connectivity index (χ0v) is 25.5. The standard InChI is InChI=1S/C33H31F2N7O4/c1-41(2)13-7-11-27(43)38-22-9-5-8-20(14-22)19-42-31-21(17-37-33(40-31)39-23-10-6-12-36-18-23)15-24(32(42)44)28-29(34)25(45-3)16-26(46-4)30(28)35/h5-12,14-18H,13,19H2,1-4H3,(H,38,43)(H,37,39,40)/b11-7+. The molecule has 0 atom stereocenters. The number of likely N-dealkylation sites (N-methyl/N-ethyl adjacent to an activating group) is 1. The molecule has 0 aliphatic carbocycles. The average Bonchev–Trinajstić information content (AvgIpc) is 3.04. The Morgan fingerprint density at radius 3 is 2.41 bits per heavy atom. The molecule has 3 aromatic heterocycles. The fourth-order valence-electron chi connectivity index (χ4n) is 4.72. The second-order valence-electron chi connectivity index (χ2n) is 10.4. The smallest absolute Gasteiger partial charge is 0.260 e. The van der Waals surface area contributed by atoms with E-state index in [9.17, 15) is 9.59 Å². The molecule has 2 aromatic carbocycles. The van der Waals surface area contributed by atoms with E-state index in [1.54, 1.807) is 54.9 Å². The van der Waals surface area contributed by atoms with Gasteiger partial charge in [0.15, 0.2) is 23.1 Å². The first-order chi connectivity index (χ1) is 22.2. The number of nitrogens with one attached hydrogen (secondary N) is 2. The number of pyridine rings is 2. The Hall–Kier alpha value is -5.69. The van der Waals surface area contributed by atoms with E-state index in [4.69, 9.17) is 9.47 Å². The highest BCUT2D eigenvalue weighted by atomic mass is 19.1. The second kappa shape index (κ2) is 13.9. The number of amides is 1. The molecule has 13 heteroatoms. The predicted octanol–water partition coefficient (Wildman–Crippen LogP) is 5.00. The number of carbonyl (C=O) groups is 1. The van der Waals surface area contributed by atoms with E-state index in [0.717, 1.165) is 6.07 Å². The van der Waals surface area contributed by atoms with Crippen molar-refractivity contribution in [3.8, 4) is 22.6 Å². The molecule has 0 aliphatic heterocycles. The highest BCUT2D eigenvalue weighted by Crippen LogP contribution is 2.37. The minimum atomic E-state index is -1.06. The Bertz CT molecular complexity index is 1950. The van der Waals surface area contributed by atoms with Crippen LogP contribution < -0.4 is 25.7 Å². The molecule has 46 heavy (non-hydrogen) atoms. The predicted molar refractivity (Wildman–Crippen MR) is 172 cm³/mol. The van der Waals surface area contributed by atoms with Crippen LogP contribution in [0, 0.1) is 11.6 Å². The van der Waals surface area contributed by atoms with Crippen molar-refractivity contribution < 1.29 is 23.0 Å². The molecule has 0 unspecified atom stereocenters. The van der Waals surface area contributed by atoms with Crippen LogP contribution in [0.3, 0.4) is 0 Å². The third kappa shape index (κ3) is 7.00. The normalized spacial score (nSPS) is 11.3. The number of hydrogen-bond acceptors (Lipinski definition) is 9. The van der Waals surface area contributed by atoms with Crippen LogP contribution in [0.4, 0.5) is 26.1 Å². The van der Waals surface area contributed by atoms with Crippen molar-refractivity contribution in [3.05, 3.63) is 107 Å². The highest BCUT2D eigenvalue weighted by Gasteiger charge is 2.25. The first kappa shape index (κ1) is 31.7. The van der Waals surface area contributed by atoms with Gasteiger partial charge in [-0.2, -0.15) is 4.98 Å². The Labute approximate surface area is 263 Å². The summed E-state index contributed by atoms with van der Waals surface area (Å²) in [4.78, 5) is 41.6. The maximum Gasteiger partial charge on any atom is 0.260 e. The van der Waals surface area contributed by atoms with Crippen molar-refractivity contribution in [2.75, 3.05) is 45.5 Å². The number of ether oxygens (including phenoxy) is 2. The lowest BCUT2D eigenvalue weighted by atomic mass is 10.0. The number of benzene rings is 2. The van der Waals surface area contributed by atoms with Gasteiger partial charge in [0, 0.05) is 42.2 Å². The summed E-state index contributed by atoms with van der Waals surface area (Å²) in [6.45, 7) is 0.538. The van der Waals surface area contributed by atoms with Crippen molar-refractivity contribution in [2.24, 2.45) is 0 Å². The molecule has 5 rings (SSSR count). The van der Waals surface area contributed by atoms with E-state index >= 15 is 8.78 Å². The van der Waals surface area contributed by atoms with Gasteiger partial charge in [-0.25, -0.2) is 13.8 Å². The van der Waals surface area contributed by atoms with Crippen LogP contribution >= 0.6 is 0 Å². The molecule has 0 radical (unpaired) electrons. The van der Waals surface area contributed by atoms with Gasteiger partial charge in [-0.3, -0.25) is 19.1 Å². The first-order valence-electron chi connectivity index (χ1n) is 14.1. The van der Waals surface area contributed by atoms with Crippen molar-refractivity contribution in [2.45, 2.75) is 6.54 Å². The number of fused-ring (bicyclic) bond motifs is 1. The monoisotopic (exact) mass is 627 g/mol. The second-order valence-corrected chi connectivity index (χ2v) is 10.4. The molecular formula is C33H31F2N7O4. The zero-order valence-electron chi connectivity index (χ0n) is 25.5. The van der Waals surface area contributed by atoms with Crippen molar-refractivity contribution in [3.63, 3.8) is 0 Å². The quantitative estimate of drug-likeness (QED) is 0.195. The highest BCUT2D eigenvalue weighted by molar-refractivity contribution is 5.99. The number of halogens is 2. The minimum absolute atomic E-state index is 0.0585. The Balaban J connectivity index is 1.63. The summed E-state index contributed by atoms with van der Waals surface area (Å²) in [5.41, 5.74) is 0.295. The molecule has 11 nitrogen and oxygen atoms in total. The molecular weight excluding hydrogens is 596 g/mol. The van der Waals surface area contributed by atoms with Gasteiger partial charge in [-0.1, -0.05) is 18.2 Å². The average molecular weight is 628 g/mol. The number of aromatic nitrogens is 4. The molecule has 236 valence electrons. The van der Waals surface area contributed by atoms with Gasteiger partial charge in [0.25, 0.3) is 5.56 Å². The van der Waals surface area contributed by atoms with Crippen LogP contribution in [0.25, 0.3) is 22.2 Å². The van der Waals surface area contributed by atoms with Gasteiger partial charge in [-0.15, -0.1) is 0 Å². The molecule has 0 spiro atoms. The molecule has 2 N–H and O–H groups in total. The van der Waals surface area contributed by atoms with Crippen LogP contribution in [0.1, 0.15) is 5.56 Å². The van der Waals surface area contributed by atoms with Crippen molar-refractivity contribution in [1.29, 1.82) is 0 Å². The van der Waals surface area contributed by atoms with Crippen LogP contribution in [0.2, 0.25) is 0 Å². The SMILES string of the molecule is COc1cc(OC)c(F)c(-c2cc3cnc(Nc4cccnc4)nc3n(Cc3cccc(NC(=O)/C=C/CN(C)C)c3)c2=O)c1F. The van der Waals surface area contributed by atoms with E-state index in [-0.39, 0.29) is 41.1 Å². The third-order valence-electron chi connectivity index (χ3n) is 6.86. The van der Waals surface area contributed by atoms with Gasteiger partial charge < -0.3 is 25.0 Å². The van der Waals surface area contributed by atoms with Crippen LogP contribution in [0.15, 0.2) is 84.1 Å². The number of hydrogen-bond donors (Lipinski definition) is 2. The summed E-state index contributed by atoms with van der Waals surface area (Å²) in [5, 5.41) is 6.19. The van der Waals surface area contributed by atoms with Crippen LogP contribution in [0.5, 0.6) is 11.5 Å². The summed E-state index contributed by atoms with van der Waals surface area (Å²) in [5.74, 6) is -2.87. The van der Waals surface area contributed by atoms with Gasteiger partial charge in [0.1, 0.15) is 5.65 Å².